The smallest absolute Gasteiger partial charge is 0.253 e. The molecule has 0 aliphatic rings. The number of para-hydroxylation sites is 1. The van der Waals surface area contributed by atoms with Gasteiger partial charge in [-0.25, -0.2) is 0 Å². The van der Waals surface area contributed by atoms with Crippen LogP contribution in [-0.2, 0) is 0 Å². The Kier molecular flexibility index (Phi) is 4.75. The minimum absolute atomic E-state index is 0.0992. The van der Waals surface area contributed by atoms with Crippen molar-refractivity contribution in [2.24, 2.45) is 0 Å². The molecule has 0 saturated heterocycles. The average Bonchev–Trinajstić information content (AvgIpc) is 2.83. The van der Waals surface area contributed by atoms with E-state index in [0.717, 1.165) is 23.9 Å². The van der Waals surface area contributed by atoms with Gasteiger partial charge in [0.25, 0.3) is 5.91 Å². The maximum Gasteiger partial charge on any atom is 0.253 e. The maximum atomic E-state index is 12.3. The van der Waals surface area contributed by atoms with Gasteiger partial charge >= 0.3 is 0 Å². The first-order valence-electron chi connectivity index (χ1n) is 7.04. The molecule has 0 aliphatic heterocycles. The molecule has 0 atom stereocenters. The van der Waals surface area contributed by atoms with Gasteiger partial charge < -0.3 is 10.2 Å². The summed E-state index contributed by atoms with van der Waals surface area (Å²) in [5.41, 5.74) is 1.31. The lowest BCUT2D eigenvalue weighted by Gasteiger charge is -2.09. The monoisotopic (exact) mass is 287 g/mol. The number of aromatic nitrogens is 1. The molecule has 112 valence electrons. The molecule has 0 unspecified atom stereocenters. The maximum absolute atomic E-state index is 12.3. The van der Waals surface area contributed by atoms with E-state index in [2.05, 4.69) is 10.2 Å². The van der Waals surface area contributed by atoms with Gasteiger partial charge in [-0.1, -0.05) is 18.2 Å². The number of nitrogens with zero attached hydrogens (tertiary/aromatic N) is 2. The van der Waals surface area contributed by atoms with E-state index in [1.807, 2.05) is 38.4 Å². The van der Waals surface area contributed by atoms with Crippen LogP contribution in [0.15, 0.2) is 30.5 Å². The Hall–Kier alpha value is -2.14. The van der Waals surface area contributed by atoms with Gasteiger partial charge in [-0.05, 0) is 33.1 Å². The standard InChI is InChI=1S/C16H21N3O2/c1-12(20)19-11-14(13-7-4-5-8-15(13)19)16(21)17-9-6-10-18(2)3/h4-5,7-8,11H,6,9-10H2,1-3H3,(H,17,21). The number of fused-ring (bicyclic) bond motifs is 1. The van der Waals surface area contributed by atoms with Gasteiger partial charge in [0.2, 0.25) is 5.91 Å². The lowest BCUT2D eigenvalue weighted by atomic mass is 10.1. The van der Waals surface area contributed by atoms with Crippen LogP contribution < -0.4 is 5.32 Å². The van der Waals surface area contributed by atoms with E-state index < -0.39 is 0 Å². The van der Waals surface area contributed by atoms with Crippen molar-refractivity contribution in [3.63, 3.8) is 0 Å². The fraction of sp³-hybridized carbons (Fsp3) is 0.375. The predicted molar refractivity (Wildman–Crippen MR) is 83.7 cm³/mol. The highest BCUT2D eigenvalue weighted by atomic mass is 16.2. The number of nitrogens with one attached hydrogen (secondary N) is 1. The van der Waals surface area contributed by atoms with Gasteiger partial charge in [-0.3, -0.25) is 14.2 Å². The third-order valence-electron chi connectivity index (χ3n) is 3.36. The highest BCUT2D eigenvalue weighted by Gasteiger charge is 2.15. The average molecular weight is 287 g/mol. The van der Waals surface area contributed by atoms with Crippen LogP contribution in [0.25, 0.3) is 10.9 Å². The largest absolute Gasteiger partial charge is 0.352 e. The van der Waals surface area contributed by atoms with Crippen LogP contribution in [0.2, 0.25) is 0 Å². The van der Waals surface area contributed by atoms with Gasteiger partial charge in [0.15, 0.2) is 0 Å². The molecule has 0 radical (unpaired) electrons. The van der Waals surface area contributed by atoms with Crippen LogP contribution in [0.4, 0.5) is 0 Å². The lowest BCUT2D eigenvalue weighted by Crippen LogP contribution is -2.27. The summed E-state index contributed by atoms with van der Waals surface area (Å²) in [6, 6.07) is 7.44. The van der Waals surface area contributed by atoms with E-state index >= 15 is 0 Å². The fourth-order valence-corrected chi connectivity index (χ4v) is 2.31. The highest BCUT2D eigenvalue weighted by Crippen LogP contribution is 2.21. The molecule has 0 spiro atoms. The Labute approximate surface area is 124 Å². The molecule has 0 fully saturated rings. The molecule has 1 aromatic carbocycles. The molecule has 21 heavy (non-hydrogen) atoms. The Balaban J connectivity index is 2.18. The molecule has 5 nitrogen and oxygen atoms in total. The van der Waals surface area contributed by atoms with E-state index in [1.165, 1.54) is 11.5 Å². The normalized spacial score (nSPS) is 11.0. The molecule has 2 rings (SSSR count). The van der Waals surface area contributed by atoms with E-state index in [1.54, 1.807) is 6.20 Å². The highest BCUT2D eigenvalue weighted by molar-refractivity contribution is 6.09. The van der Waals surface area contributed by atoms with E-state index in [0.29, 0.717) is 12.1 Å². The van der Waals surface area contributed by atoms with Crippen molar-refractivity contribution in [3.8, 4) is 0 Å². The second-order valence-corrected chi connectivity index (χ2v) is 5.36. The second kappa shape index (κ2) is 6.54. The van der Waals surface area contributed by atoms with Crippen molar-refractivity contribution in [3.05, 3.63) is 36.0 Å². The van der Waals surface area contributed by atoms with Crippen molar-refractivity contribution >= 4 is 22.7 Å². The lowest BCUT2D eigenvalue weighted by molar-refractivity contribution is 0.0941. The molecular formula is C16H21N3O2. The molecule has 2 aromatic rings. The summed E-state index contributed by atoms with van der Waals surface area (Å²) in [6.45, 7) is 3.04. The summed E-state index contributed by atoms with van der Waals surface area (Å²) in [4.78, 5) is 26.0. The first kappa shape index (κ1) is 15.3. The van der Waals surface area contributed by atoms with Crippen LogP contribution in [0, 0.1) is 0 Å². The Morgan fingerprint density at radius 1 is 1.24 bits per heavy atom. The van der Waals surface area contributed by atoms with Crippen molar-refractivity contribution in [2.45, 2.75) is 13.3 Å². The summed E-state index contributed by atoms with van der Waals surface area (Å²) in [5, 5.41) is 3.71. The predicted octanol–water partition coefficient (Wildman–Crippen LogP) is 1.98. The molecular weight excluding hydrogens is 266 g/mol. The van der Waals surface area contributed by atoms with E-state index in [-0.39, 0.29) is 11.8 Å². The first-order chi connectivity index (χ1) is 10.0. The number of carbonyl (C=O) groups excluding carboxylic acids is 2. The number of hydrogen-bond acceptors (Lipinski definition) is 3. The molecule has 0 saturated carbocycles. The third-order valence-corrected chi connectivity index (χ3v) is 3.36. The number of benzene rings is 1. The quantitative estimate of drug-likeness (QED) is 0.856. The number of rotatable bonds is 5. The Morgan fingerprint density at radius 3 is 2.62 bits per heavy atom. The van der Waals surface area contributed by atoms with Crippen LogP contribution in [0.1, 0.15) is 28.5 Å². The second-order valence-electron chi connectivity index (χ2n) is 5.36. The van der Waals surface area contributed by atoms with Gasteiger partial charge in [0.05, 0.1) is 11.1 Å². The Morgan fingerprint density at radius 2 is 1.95 bits per heavy atom. The van der Waals surface area contributed by atoms with Crippen LogP contribution in [-0.4, -0.2) is 48.5 Å². The number of carbonyl (C=O) groups is 2. The molecule has 0 aliphatic carbocycles. The van der Waals surface area contributed by atoms with Crippen molar-refractivity contribution in [2.75, 3.05) is 27.2 Å². The van der Waals surface area contributed by atoms with Gasteiger partial charge in [0, 0.05) is 25.1 Å². The molecule has 1 N–H and O–H groups in total. The van der Waals surface area contributed by atoms with Gasteiger partial charge in [0.1, 0.15) is 0 Å². The zero-order valence-corrected chi connectivity index (χ0v) is 12.7. The van der Waals surface area contributed by atoms with E-state index in [4.69, 9.17) is 0 Å². The van der Waals surface area contributed by atoms with Crippen molar-refractivity contribution in [1.82, 2.24) is 14.8 Å². The molecule has 1 heterocycles. The van der Waals surface area contributed by atoms with Gasteiger partial charge in [-0.15, -0.1) is 0 Å². The van der Waals surface area contributed by atoms with Gasteiger partial charge in [-0.2, -0.15) is 0 Å². The molecule has 0 bridgehead atoms. The Bertz CT molecular complexity index is 659. The van der Waals surface area contributed by atoms with Crippen LogP contribution in [0.5, 0.6) is 0 Å². The summed E-state index contributed by atoms with van der Waals surface area (Å²) in [5.74, 6) is -0.234. The number of hydrogen-bond donors (Lipinski definition) is 1. The summed E-state index contributed by atoms with van der Waals surface area (Å²) < 4.78 is 1.52. The summed E-state index contributed by atoms with van der Waals surface area (Å²) in [6.07, 6.45) is 2.51. The minimum Gasteiger partial charge on any atom is -0.352 e. The zero-order chi connectivity index (χ0) is 15.4. The zero-order valence-electron chi connectivity index (χ0n) is 12.7. The molecule has 5 heteroatoms. The fourth-order valence-electron chi connectivity index (χ4n) is 2.31. The SMILES string of the molecule is CC(=O)n1cc(C(=O)NCCCN(C)C)c2ccccc21. The first-order valence-corrected chi connectivity index (χ1v) is 7.04. The van der Waals surface area contributed by atoms with Crippen molar-refractivity contribution in [1.29, 1.82) is 0 Å². The molecule has 1 amide bonds. The third kappa shape index (κ3) is 3.49. The van der Waals surface area contributed by atoms with Crippen LogP contribution >= 0.6 is 0 Å². The minimum atomic E-state index is -0.134. The molecule has 1 aromatic heterocycles. The number of amides is 1. The van der Waals surface area contributed by atoms with Crippen molar-refractivity contribution < 1.29 is 9.59 Å². The summed E-state index contributed by atoms with van der Waals surface area (Å²) in [7, 11) is 4.00. The topological polar surface area (TPSA) is 54.3 Å². The summed E-state index contributed by atoms with van der Waals surface area (Å²) >= 11 is 0. The van der Waals surface area contributed by atoms with Crippen LogP contribution in [0.3, 0.4) is 0 Å². The van der Waals surface area contributed by atoms with E-state index in [9.17, 15) is 9.59 Å².